The predicted molar refractivity (Wildman–Crippen MR) is 103 cm³/mol. The van der Waals surface area contributed by atoms with Crippen LogP contribution < -0.4 is 9.04 Å². The minimum absolute atomic E-state index is 0.238. The van der Waals surface area contributed by atoms with Gasteiger partial charge in [-0.15, -0.1) is 0 Å². The number of aryl methyl sites for hydroxylation is 2. The van der Waals surface area contributed by atoms with Crippen molar-refractivity contribution in [3.05, 3.63) is 65.2 Å². The van der Waals surface area contributed by atoms with Crippen molar-refractivity contribution in [2.75, 3.05) is 11.4 Å². The molecular weight excluding hydrogens is 350 g/mol. The standard InChI is InChI=1S/C20H23NO4S/c1-14(2)12-20(22)25-18-9-7-17(8-10-18)21(5)26(23,24)19-11-6-15(3)16(4)13-19/h6-13H,1-5H3. The molecule has 0 aliphatic rings. The van der Waals surface area contributed by atoms with Crippen molar-refractivity contribution in [2.45, 2.75) is 32.6 Å². The number of carbonyl (C=O) groups excluding carboxylic acids is 1. The van der Waals surface area contributed by atoms with Crippen molar-refractivity contribution in [1.82, 2.24) is 0 Å². The van der Waals surface area contributed by atoms with Gasteiger partial charge in [0.05, 0.1) is 10.6 Å². The van der Waals surface area contributed by atoms with Gasteiger partial charge in [-0.25, -0.2) is 13.2 Å². The molecule has 0 aromatic heterocycles. The fourth-order valence-corrected chi connectivity index (χ4v) is 3.56. The van der Waals surface area contributed by atoms with Crippen LogP contribution in [0.15, 0.2) is 59.0 Å². The first-order valence-electron chi connectivity index (χ1n) is 8.14. The molecule has 138 valence electrons. The molecule has 0 aliphatic carbocycles. The van der Waals surface area contributed by atoms with E-state index in [0.29, 0.717) is 11.4 Å². The van der Waals surface area contributed by atoms with Gasteiger partial charge >= 0.3 is 5.97 Å². The van der Waals surface area contributed by atoms with Crippen LogP contribution >= 0.6 is 0 Å². The van der Waals surface area contributed by atoms with Gasteiger partial charge in [0.2, 0.25) is 0 Å². The van der Waals surface area contributed by atoms with Crippen LogP contribution in [0.25, 0.3) is 0 Å². The highest BCUT2D eigenvalue weighted by molar-refractivity contribution is 7.92. The number of carbonyl (C=O) groups is 1. The smallest absolute Gasteiger partial charge is 0.336 e. The van der Waals surface area contributed by atoms with Crippen LogP contribution in [-0.2, 0) is 14.8 Å². The van der Waals surface area contributed by atoms with E-state index < -0.39 is 16.0 Å². The number of hydrogen-bond acceptors (Lipinski definition) is 4. The summed E-state index contributed by atoms with van der Waals surface area (Å²) < 4.78 is 32.0. The lowest BCUT2D eigenvalue weighted by Crippen LogP contribution is -2.26. The Hall–Kier alpha value is -2.60. The summed E-state index contributed by atoms with van der Waals surface area (Å²) in [5, 5.41) is 0. The van der Waals surface area contributed by atoms with Gasteiger partial charge in [-0.3, -0.25) is 4.31 Å². The summed E-state index contributed by atoms with van der Waals surface area (Å²) in [5.41, 5.74) is 3.27. The Labute approximate surface area is 155 Å². The maximum atomic E-state index is 12.8. The zero-order valence-electron chi connectivity index (χ0n) is 15.6. The zero-order chi connectivity index (χ0) is 19.5. The summed E-state index contributed by atoms with van der Waals surface area (Å²) in [6, 6.07) is 11.4. The summed E-state index contributed by atoms with van der Waals surface area (Å²) in [7, 11) is -2.17. The Morgan fingerprint density at radius 2 is 1.62 bits per heavy atom. The van der Waals surface area contributed by atoms with Crippen LogP contribution in [0.3, 0.4) is 0 Å². The first-order valence-corrected chi connectivity index (χ1v) is 9.58. The second-order valence-corrected chi connectivity index (χ2v) is 8.32. The third-order valence-corrected chi connectivity index (χ3v) is 5.74. The molecule has 0 heterocycles. The van der Waals surface area contributed by atoms with Gasteiger partial charge in [0.15, 0.2) is 0 Å². The normalized spacial score (nSPS) is 11.0. The molecular formula is C20H23NO4S. The summed E-state index contributed by atoms with van der Waals surface area (Å²) >= 11 is 0. The van der Waals surface area contributed by atoms with Crippen molar-refractivity contribution in [3.8, 4) is 5.75 Å². The third-order valence-electron chi connectivity index (χ3n) is 3.96. The minimum atomic E-state index is -3.67. The van der Waals surface area contributed by atoms with Crippen LogP contribution in [0.1, 0.15) is 25.0 Å². The number of ether oxygens (including phenoxy) is 1. The van der Waals surface area contributed by atoms with Gasteiger partial charge in [0.1, 0.15) is 5.75 Å². The summed E-state index contributed by atoms with van der Waals surface area (Å²) in [6.45, 7) is 7.42. The number of rotatable bonds is 5. The number of esters is 1. The molecule has 26 heavy (non-hydrogen) atoms. The lowest BCUT2D eigenvalue weighted by atomic mass is 10.1. The molecule has 2 rings (SSSR count). The van der Waals surface area contributed by atoms with E-state index >= 15 is 0 Å². The number of allylic oxidation sites excluding steroid dienone is 1. The van der Waals surface area contributed by atoms with Crippen LogP contribution in [0.2, 0.25) is 0 Å². The van der Waals surface area contributed by atoms with E-state index in [1.807, 2.05) is 13.8 Å². The molecule has 0 bridgehead atoms. The zero-order valence-corrected chi connectivity index (χ0v) is 16.4. The molecule has 0 aliphatic heterocycles. The predicted octanol–water partition coefficient (Wildman–Crippen LogP) is 4.00. The highest BCUT2D eigenvalue weighted by Crippen LogP contribution is 2.25. The molecule has 0 saturated carbocycles. The van der Waals surface area contributed by atoms with E-state index in [9.17, 15) is 13.2 Å². The molecule has 0 N–H and O–H groups in total. The lowest BCUT2D eigenvalue weighted by molar-refractivity contribution is -0.129. The maximum Gasteiger partial charge on any atom is 0.336 e. The second kappa shape index (κ2) is 7.74. The average Bonchev–Trinajstić information content (AvgIpc) is 2.56. The average molecular weight is 373 g/mol. The lowest BCUT2D eigenvalue weighted by Gasteiger charge is -2.20. The van der Waals surface area contributed by atoms with E-state index in [4.69, 9.17) is 4.74 Å². The quantitative estimate of drug-likeness (QED) is 0.451. The number of nitrogens with zero attached hydrogens (tertiary/aromatic N) is 1. The highest BCUT2D eigenvalue weighted by atomic mass is 32.2. The molecule has 0 fully saturated rings. The van der Waals surface area contributed by atoms with Crippen molar-refractivity contribution < 1.29 is 17.9 Å². The van der Waals surface area contributed by atoms with Crippen LogP contribution in [0, 0.1) is 13.8 Å². The summed E-state index contributed by atoms with van der Waals surface area (Å²) in [5.74, 6) is -0.109. The van der Waals surface area contributed by atoms with Gasteiger partial charge in [0, 0.05) is 13.1 Å². The largest absolute Gasteiger partial charge is 0.423 e. The van der Waals surface area contributed by atoms with E-state index in [-0.39, 0.29) is 4.90 Å². The molecule has 0 saturated heterocycles. The summed E-state index contributed by atoms with van der Waals surface area (Å²) in [6.07, 6.45) is 1.39. The first kappa shape index (κ1) is 19.7. The molecule has 2 aromatic carbocycles. The van der Waals surface area contributed by atoms with Gasteiger partial charge in [-0.2, -0.15) is 0 Å². The molecule has 5 nitrogen and oxygen atoms in total. The molecule has 0 unspecified atom stereocenters. The van der Waals surface area contributed by atoms with E-state index in [1.54, 1.807) is 56.3 Å². The van der Waals surface area contributed by atoms with E-state index in [0.717, 1.165) is 16.7 Å². The Balaban J connectivity index is 2.23. The van der Waals surface area contributed by atoms with Crippen molar-refractivity contribution in [2.24, 2.45) is 0 Å². The SMILES string of the molecule is CC(C)=CC(=O)Oc1ccc(N(C)S(=O)(=O)c2ccc(C)c(C)c2)cc1. The topological polar surface area (TPSA) is 63.7 Å². The van der Waals surface area contributed by atoms with Gasteiger partial charge in [-0.05, 0) is 75.2 Å². The number of benzene rings is 2. The van der Waals surface area contributed by atoms with Gasteiger partial charge in [-0.1, -0.05) is 11.6 Å². The van der Waals surface area contributed by atoms with Crippen molar-refractivity contribution in [3.63, 3.8) is 0 Å². The van der Waals surface area contributed by atoms with E-state index in [1.165, 1.54) is 17.4 Å². The Morgan fingerprint density at radius 3 is 2.15 bits per heavy atom. The van der Waals surface area contributed by atoms with Crippen LogP contribution in [0.5, 0.6) is 5.75 Å². The van der Waals surface area contributed by atoms with Crippen molar-refractivity contribution >= 4 is 21.7 Å². The second-order valence-electron chi connectivity index (χ2n) is 6.36. The number of sulfonamides is 1. The van der Waals surface area contributed by atoms with E-state index in [2.05, 4.69) is 0 Å². The van der Waals surface area contributed by atoms with Crippen LogP contribution in [-0.4, -0.2) is 21.4 Å². The summed E-state index contributed by atoms with van der Waals surface area (Å²) in [4.78, 5) is 11.9. The maximum absolute atomic E-state index is 12.8. The first-order chi connectivity index (χ1) is 12.1. The Bertz CT molecular complexity index is 940. The van der Waals surface area contributed by atoms with Gasteiger partial charge in [0.25, 0.3) is 10.0 Å². The molecule has 0 atom stereocenters. The number of hydrogen-bond donors (Lipinski definition) is 0. The Morgan fingerprint density at radius 1 is 1.00 bits per heavy atom. The number of anilines is 1. The van der Waals surface area contributed by atoms with Gasteiger partial charge < -0.3 is 4.74 Å². The third kappa shape index (κ3) is 4.52. The monoisotopic (exact) mass is 373 g/mol. The molecule has 6 heteroatoms. The Kier molecular flexibility index (Phi) is 5.87. The van der Waals surface area contributed by atoms with Crippen molar-refractivity contribution in [1.29, 1.82) is 0 Å². The molecule has 2 aromatic rings. The molecule has 0 amide bonds. The minimum Gasteiger partial charge on any atom is -0.423 e. The van der Waals surface area contributed by atoms with Crippen LogP contribution in [0.4, 0.5) is 5.69 Å². The molecule has 0 radical (unpaired) electrons. The fraction of sp³-hybridized carbons (Fsp3) is 0.250. The molecule has 0 spiro atoms. The highest BCUT2D eigenvalue weighted by Gasteiger charge is 2.21. The fourth-order valence-electron chi connectivity index (χ4n) is 2.28.